The van der Waals surface area contributed by atoms with Crippen molar-refractivity contribution in [3.8, 4) is 5.69 Å². The fourth-order valence-corrected chi connectivity index (χ4v) is 3.42. The molecule has 8 nitrogen and oxygen atoms in total. The number of amides is 1. The summed E-state index contributed by atoms with van der Waals surface area (Å²) in [6.45, 7) is 3.02. The lowest BCUT2D eigenvalue weighted by atomic mass is 10.1. The topological polar surface area (TPSA) is 102 Å². The van der Waals surface area contributed by atoms with Crippen LogP contribution in [0.4, 0.5) is 10.1 Å². The van der Waals surface area contributed by atoms with Crippen molar-refractivity contribution in [1.29, 1.82) is 0 Å². The minimum Gasteiger partial charge on any atom is -0.479 e. The third kappa shape index (κ3) is 3.18. The molecule has 0 bridgehead atoms. The van der Waals surface area contributed by atoms with Crippen molar-refractivity contribution in [2.75, 3.05) is 5.32 Å². The van der Waals surface area contributed by atoms with Gasteiger partial charge in [0.25, 0.3) is 5.91 Å². The van der Waals surface area contributed by atoms with E-state index in [2.05, 4.69) is 15.5 Å². The first-order chi connectivity index (χ1) is 13.8. The molecule has 0 saturated carbocycles. The van der Waals surface area contributed by atoms with Crippen molar-refractivity contribution in [2.45, 2.75) is 38.6 Å². The van der Waals surface area contributed by atoms with Crippen LogP contribution >= 0.6 is 0 Å². The van der Waals surface area contributed by atoms with Crippen molar-refractivity contribution in [3.63, 3.8) is 0 Å². The van der Waals surface area contributed by atoms with Crippen molar-refractivity contribution in [2.24, 2.45) is 0 Å². The van der Waals surface area contributed by atoms with E-state index in [-0.39, 0.29) is 5.69 Å². The van der Waals surface area contributed by atoms with Crippen LogP contribution in [0.3, 0.4) is 0 Å². The first-order valence-electron chi connectivity index (χ1n) is 9.24. The van der Waals surface area contributed by atoms with Gasteiger partial charge in [0.15, 0.2) is 11.2 Å². The standard InChI is InChI=1S/C20H20FN5O3/c1-20(2,19(28)29)25-11-12(10-22-25)23-18(27)17-13-6-5-9-15(13)26(24-17)16-8-4-3-7-14(16)21/h3-4,7-8,10-11H,5-6,9H2,1-2H3,(H,23,27)(H,28,29). The van der Waals surface area contributed by atoms with Gasteiger partial charge in [-0.25, -0.2) is 13.9 Å². The van der Waals surface area contributed by atoms with Gasteiger partial charge in [-0.1, -0.05) is 12.1 Å². The maximum atomic E-state index is 14.3. The summed E-state index contributed by atoms with van der Waals surface area (Å²) in [5.41, 5.74) is 1.30. The Labute approximate surface area is 166 Å². The number of carboxylic acids is 1. The van der Waals surface area contributed by atoms with Crippen LogP contribution < -0.4 is 5.32 Å². The molecule has 0 saturated heterocycles. The van der Waals surface area contributed by atoms with Gasteiger partial charge in [0, 0.05) is 17.5 Å². The molecule has 2 aromatic heterocycles. The number of hydrogen-bond acceptors (Lipinski definition) is 4. The fourth-order valence-electron chi connectivity index (χ4n) is 3.42. The number of carbonyl (C=O) groups is 2. The Bertz CT molecular complexity index is 1120. The molecule has 29 heavy (non-hydrogen) atoms. The van der Waals surface area contributed by atoms with Crippen LogP contribution in [0.1, 0.15) is 42.0 Å². The lowest BCUT2D eigenvalue weighted by molar-refractivity contribution is -0.146. The molecule has 0 unspecified atom stereocenters. The normalized spacial score (nSPS) is 13.3. The predicted molar refractivity (Wildman–Crippen MR) is 103 cm³/mol. The quantitative estimate of drug-likeness (QED) is 0.689. The zero-order chi connectivity index (χ0) is 20.8. The predicted octanol–water partition coefficient (Wildman–Crippen LogP) is 2.77. The second-order valence-corrected chi connectivity index (χ2v) is 7.48. The Morgan fingerprint density at radius 2 is 2.00 bits per heavy atom. The first kappa shape index (κ1) is 18.9. The van der Waals surface area contributed by atoms with Gasteiger partial charge in [-0.05, 0) is 45.2 Å². The van der Waals surface area contributed by atoms with Gasteiger partial charge in [0.2, 0.25) is 0 Å². The summed E-state index contributed by atoms with van der Waals surface area (Å²) in [6.07, 6.45) is 5.12. The van der Waals surface area contributed by atoms with Crippen LogP contribution in [0, 0.1) is 5.82 Å². The number of aliphatic carboxylic acids is 1. The lowest BCUT2D eigenvalue weighted by Crippen LogP contribution is -2.35. The number of rotatable bonds is 5. The van der Waals surface area contributed by atoms with Crippen LogP contribution in [0.15, 0.2) is 36.7 Å². The number of hydrogen-bond donors (Lipinski definition) is 2. The minimum atomic E-state index is -1.25. The van der Waals surface area contributed by atoms with Crippen molar-refractivity contribution >= 4 is 17.6 Å². The largest absolute Gasteiger partial charge is 0.479 e. The molecule has 4 rings (SSSR count). The molecule has 1 aliphatic carbocycles. The van der Waals surface area contributed by atoms with Crippen LogP contribution in [0.5, 0.6) is 0 Å². The molecule has 0 spiro atoms. The third-order valence-corrected chi connectivity index (χ3v) is 5.16. The summed E-state index contributed by atoms with van der Waals surface area (Å²) in [5, 5.41) is 20.5. The van der Waals surface area contributed by atoms with E-state index in [1.54, 1.807) is 18.2 Å². The van der Waals surface area contributed by atoms with E-state index >= 15 is 0 Å². The first-order valence-corrected chi connectivity index (χ1v) is 9.24. The number of para-hydroxylation sites is 1. The zero-order valence-corrected chi connectivity index (χ0v) is 16.0. The van der Waals surface area contributed by atoms with Gasteiger partial charge in [0.1, 0.15) is 11.5 Å². The summed E-state index contributed by atoms with van der Waals surface area (Å²) >= 11 is 0. The molecule has 0 fully saturated rings. The van der Waals surface area contributed by atoms with E-state index in [1.165, 1.54) is 41.7 Å². The highest BCUT2D eigenvalue weighted by Crippen LogP contribution is 2.29. The average molecular weight is 397 g/mol. The molecular formula is C20H20FN5O3. The Kier molecular flexibility index (Phi) is 4.45. The minimum absolute atomic E-state index is 0.242. The Morgan fingerprint density at radius 3 is 2.72 bits per heavy atom. The fraction of sp³-hybridized carbons (Fsp3) is 0.300. The van der Waals surface area contributed by atoms with E-state index in [1.807, 2.05) is 0 Å². The summed E-state index contributed by atoms with van der Waals surface area (Å²) in [4.78, 5) is 24.2. The molecule has 1 amide bonds. The monoisotopic (exact) mass is 397 g/mol. The second kappa shape index (κ2) is 6.84. The summed E-state index contributed by atoms with van der Waals surface area (Å²) < 4.78 is 17.0. The number of aromatic nitrogens is 4. The van der Waals surface area contributed by atoms with Crippen LogP contribution in [-0.2, 0) is 23.2 Å². The summed E-state index contributed by atoms with van der Waals surface area (Å²) in [5.74, 6) is -1.89. The smallest absolute Gasteiger partial charge is 0.331 e. The molecule has 1 aliphatic rings. The Hall–Kier alpha value is -3.49. The van der Waals surface area contributed by atoms with Gasteiger partial charge in [-0.15, -0.1) is 0 Å². The zero-order valence-electron chi connectivity index (χ0n) is 16.0. The molecule has 0 radical (unpaired) electrons. The van der Waals surface area contributed by atoms with Crippen LogP contribution in [0.25, 0.3) is 5.69 Å². The van der Waals surface area contributed by atoms with E-state index in [4.69, 9.17) is 0 Å². The highest BCUT2D eigenvalue weighted by molar-refractivity contribution is 6.04. The molecule has 1 aromatic carbocycles. The number of anilines is 1. The van der Waals surface area contributed by atoms with E-state index in [0.29, 0.717) is 24.2 Å². The number of fused-ring (bicyclic) bond motifs is 1. The molecule has 150 valence electrons. The van der Waals surface area contributed by atoms with E-state index < -0.39 is 23.2 Å². The lowest BCUT2D eigenvalue weighted by Gasteiger charge is -2.19. The third-order valence-electron chi connectivity index (χ3n) is 5.16. The average Bonchev–Trinajstić information content (AvgIpc) is 3.38. The number of halogens is 1. The molecule has 0 atom stereocenters. The van der Waals surface area contributed by atoms with Crippen molar-refractivity contribution in [3.05, 3.63) is 59.4 Å². The molecule has 2 heterocycles. The molecule has 9 heteroatoms. The van der Waals surface area contributed by atoms with Gasteiger partial charge in [-0.3, -0.25) is 9.48 Å². The molecular weight excluding hydrogens is 377 g/mol. The van der Waals surface area contributed by atoms with Gasteiger partial charge >= 0.3 is 5.97 Å². The van der Waals surface area contributed by atoms with Crippen LogP contribution in [0.2, 0.25) is 0 Å². The van der Waals surface area contributed by atoms with Crippen LogP contribution in [-0.4, -0.2) is 36.5 Å². The van der Waals surface area contributed by atoms with Gasteiger partial charge in [-0.2, -0.15) is 10.2 Å². The van der Waals surface area contributed by atoms with Crippen molar-refractivity contribution in [1.82, 2.24) is 19.6 Å². The number of carboxylic acid groups (broad SMARTS) is 1. The van der Waals surface area contributed by atoms with Gasteiger partial charge in [0.05, 0.1) is 11.9 Å². The number of nitrogens with one attached hydrogen (secondary N) is 1. The summed E-state index contributed by atoms with van der Waals surface area (Å²) in [6, 6.07) is 6.31. The van der Waals surface area contributed by atoms with E-state index in [0.717, 1.165) is 17.7 Å². The Balaban J connectivity index is 1.64. The van der Waals surface area contributed by atoms with E-state index in [9.17, 15) is 19.1 Å². The Morgan fingerprint density at radius 1 is 1.24 bits per heavy atom. The molecule has 2 N–H and O–H groups in total. The molecule has 3 aromatic rings. The highest BCUT2D eigenvalue weighted by atomic mass is 19.1. The molecule has 0 aliphatic heterocycles. The summed E-state index contributed by atoms with van der Waals surface area (Å²) in [7, 11) is 0. The number of nitrogens with zero attached hydrogens (tertiary/aromatic N) is 4. The maximum Gasteiger partial charge on any atom is 0.331 e. The number of carbonyl (C=O) groups excluding carboxylic acids is 1. The highest BCUT2D eigenvalue weighted by Gasteiger charge is 2.31. The number of benzene rings is 1. The van der Waals surface area contributed by atoms with Gasteiger partial charge < -0.3 is 10.4 Å². The maximum absolute atomic E-state index is 14.3. The second-order valence-electron chi connectivity index (χ2n) is 7.48. The van der Waals surface area contributed by atoms with Crippen molar-refractivity contribution < 1.29 is 19.1 Å². The SMILES string of the molecule is CC(C)(C(=O)O)n1cc(NC(=O)c2nn(-c3ccccc3F)c3c2CCC3)cn1.